The van der Waals surface area contributed by atoms with Gasteiger partial charge in [-0.25, -0.2) is 9.59 Å². The molecule has 6 nitrogen and oxygen atoms in total. The highest BCUT2D eigenvalue weighted by atomic mass is 16.4. The zero-order chi connectivity index (χ0) is 15.1. The van der Waals surface area contributed by atoms with Gasteiger partial charge in [0.2, 0.25) is 0 Å². The number of aromatic carboxylic acids is 1. The smallest absolute Gasteiger partial charge is 0.335 e. The van der Waals surface area contributed by atoms with Crippen LogP contribution in [0.3, 0.4) is 0 Å². The number of nitrogens with zero attached hydrogens (tertiary/aromatic N) is 2. The van der Waals surface area contributed by atoms with Crippen LogP contribution in [0.1, 0.15) is 15.9 Å². The summed E-state index contributed by atoms with van der Waals surface area (Å²) in [5, 5.41) is 11.6. The van der Waals surface area contributed by atoms with E-state index in [1.807, 2.05) is 19.0 Å². The minimum absolute atomic E-state index is 0.144. The summed E-state index contributed by atoms with van der Waals surface area (Å²) < 4.78 is 0. The molecule has 20 heavy (non-hydrogen) atoms. The maximum absolute atomic E-state index is 11.8. The molecule has 0 heterocycles. The number of benzene rings is 1. The molecule has 2 amide bonds. The average Bonchev–Trinajstić information content (AvgIpc) is 2.38. The molecule has 0 radical (unpaired) electrons. The number of likely N-dealkylation sites (N-methyl/N-ethyl adjacent to an activating group) is 1. The van der Waals surface area contributed by atoms with Crippen LogP contribution in [0.25, 0.3) is 0 Å². The van der Waals surface area contributed by atoms with E-state index < -0.39 is 5.97 Å². The normalized spacial score (nSPS) is 10.4. The van der Waals surface area contributed by atoms with Gasteiger partial charge in [-0.2, -0.15) is 0 Å². The number of urea groups is 1. The van der Waals surface area contributed by atoms with Crippen LogP contribution in [0.5, 0.6) is 0 Å². The average molecular weight is 279 g/mol. The standard InChI is InChI=1S/C14H21N3O3/c1-16(2)9-8-15-14(20)17(3)10-11-4-6-12(7-5-11)13(18)19/h4-7H,8-10H2,1-3H3,(H,15,20)(H,18,19). The minimum atomic E-state index is -0.952. The number of carboxylic acids is 1. The third-order valence-electron chi connectivity index (χ3n) is 2.80. The molecule has 0 spiro atoms. The zero-order valence-electron chi connectivity index (χ0n) is 12.1. The number of carbonyl (C=O) groups is 2. The van der Waals surface area contributed by atoms with Gasteiger partial charge in [-0.15, -0.1) is 0 Å². The van der Waals surface area contributed by atoms with Gasteiger partial charge in [-0.3, -0.25) is 0 Å². The van der Waals surface area contributed by atoms with Crippen molar-refractivity contribution in [3.8, 4) is 0 Å². The summed E-state index contributed by atoms with van der Waals surface area (Å²) in [5.41, 5.74) is 1.13. The van der Waals surface area contributed by atoms with Crippen LogP contribution < -0.4 is 5.32 Å². The SMILES string of the molecule is CN(C)CCNC(=O)N(C)Cc1ccc(C(=O)O)cc1. The van der Waals surface area contributed by atoms with Gasteiger partial charge in [0.25, 0.3) is 0 Å². The molecule has 0 aliphatic rings. The summed E-state index contributed by atoms with van der Waals surface area (Å²) in [6.45, 7) is 1.81. The predicted octanol–water partition coefficient (Wildman–Crippen LogP) is 1.09. The first-order valence-corrected chi connectivity index (χ1v) is 6.36. The summed E-state index contributed by atoms with van der Waals surface area (Å²) in [6, 6.07) is 6.36. The predicted molar refractivity (Wildman–Crippen MR) is 76.8 cm³/mol. The Kier molecular flexibility index (Phi) is 5.99. The number of hydrogen-bond acceptors (Lipinski definition) is 3. The lowest BCUT2D eigenvalue weighted by atomic mass is 10.1. The van der Waals surface area contributed by atoms with E-state index >= 15 is 0 Å². The summed E-state index contributed by atoms with van der Waals surface area (Å²) in [4.78, 5) is 26.1. The molecular formula is C14H21N3O3. The fourth-order valence-electron chi connectivity index (χ4n) is 1.62. The molecule has 1 rings (SSSR count). The van der Waals surface area contributed by atoms with E-state index in [1.165, 1.54) is 12.1 Å². The molecule has 0 aliphatic carbocycles. The van der Waals surface area contributed by atoms with Crippen molar-refractivity contribution in [3.05, 3.63) is 35.4 Å². The molecule has 0 fully saturated rings. The van der Waals surface area contributed by atoms with Crippen LogP contribution in [-0.2, 0) is 6.54 Å². The molecule has 0 aromatic heterocycles. The molecular weight excluding hydrogens is 258 g/mol. The number of carbonyl (C=O) groups excluding carboxylic acids is 1. The first-order chi connectivity index (χ1) is 9.40. The van der Waals surface area contributed by atoms with Crippen molar-refractivity contribution in [2.24, 2.45) is 0 Å². The molecule has 0 aliphatic heterocycles. The van der Waals surface area contributed by atoms with Crippen LogP contribution in [-0.4, -0.2) is 61.1 Å². The molecule has 0 bridgehead atoms. The van der Waals surface area contributed by atoms with Crippen molar-refractivity contribution in [1.29, 1.82) is 0 Å². The molecule has 0 saturated carbocycles. The number of carboxylic acid groups (broad SMARTS) is 1. The maximum Gasteiger partial charge on any atom is 0.335 e. The van der Waals surface area contributed by atoms with E-state index in [4.69, 9.17) is 5.11 Å². The maximum atomic E-state index is 11.8. The van der Waals surface area contributed by atoms with Crippen LogP contribution in [0.15, 0.2) is 24.3 Å². The molecule has 0 unspecified atom stereocenters. The summed E-state index contributed by atoms with van der Waals surface area (Å²) in [5.74, 6) is -0.952. The molecule has 6 heteroatoms. The van der Waals surface area contributed by atoms with Gasteiger partial charge >= 0.3 is 12.0 Å². The second-order valence-corrected chi connectivity index (χ2v) is 4.89. The van der Waals surface area contributed by atoms with E-state index in [0.29, 0.717) is 13.1 Å². The summed E-state index contributed by atoms with van der Waals surface area (Å²) in [6.07, 6.45) is 0. The molecule has 1 aromatic rings. The van der Waals surface area contributed by atoms with E-state index in [9.17, 15) is 9.59 Å². The number of amides is 2. The third-order valence-corrected chi connectivity index (χ3v) is 2.80. The lowest BCUT2D eigenvalue weighted by Crippen LogP contribution is -2.39. The minimum Gasteiger partial charge on any atom is -0.478 e. The first-order valence-electron chi connectivity index (χ1n) is 6.36. The van der Waals surface area contributed by atoms with Gasteiger partial charge in [0, 0.05) is 26.7 Å². The van der Waals surface area contributed by atoms with Crippen molar-refractivity contribution >= 4 is 12.0 Å². The van der Waals surface area contributed by atoms with Crippen molar-refractivity contribution in [1.82, 2.24) is 15.1 Å². The number of nitrogens with one attached hydrogen (secondary N) is 1. The van der Waals surface area contributed by atoms with Crippen LogP contribution in [0, 0.1) is 0 Å². The Balaban J connectivity index is 2.46. The van der Waals surface area contributed by atoms with E-state index in [-0.39, 0.29) is 11.6 Å². The van der Waals surface area contributed by atoms with Crippen molar-refractivity contribution in [2.45, 2.75) is 6.54 Å². The summed E-state index contributed by atoms with van der Waals surface area (Å²) in [7, 11) is 5.59. The molecule has 0 atom stereocenters. The van der Waals surface area contributed by atoms with Gasteiger partial charge in [-0.05, 0) is 31.8 Å². The topological polar surface area (TPSA) is 72.9 Å². The van der Waals surface area contributed by atoms with Crippen molar-refractivity contribution in [2.75, 3.05) is 34.2 Å². The Hall–Kier alpha value is -2.08. The fraction of sp³-hybridized carbons (Fsp3) is 0.429. The molecule has 2 N–H and O–H groups in total. The van der Waals surface area contributed by atoms with Crippen LogP contribution in [0.4, 0.5) is 4.79 Å². The Labute approximate surface area is 119 Å². The number of hydrogen-bond donors (Lipinski definition) is 2. The molecule has 110 valence electrons. The van der Waals surface area contributed by atoms with Gasteiger partial charge in [0.05, 0.1) is 5.56 Å². The molecule has 0 saturated heterocycles. The second-order valence-electron chi connectivity index (χ2n) is 4.89. The van der Waals surface area contributed by atoms with Gasteiger partial charge < -0.3 is 20.2 Å². The Morgan fingerprint density at radius 3 is 2.25 bits per heavy atom. The van der Waals surface area contributed by atoms with E-state index in [2.05, 4.69) is 5.32 Å². The Bertz CT molecular complexity index is 457. The lowest BCUT2D eigenvalue weighted by molar-refractivity contribution is 0.0697. The van der Waals surface area contributed by atoms with E-state index in [0.717, 1.165) is 12.1 Å². The molecule has 1 aromatic carbocycles. The second kappa shape index (κ2) is 7.49. The highest BCUT2D eigenvalue weighted by molar-refractivity contribution is 5.87. The number of rotatable bonds is 6. The third kappa shape index (κ3) is 5.27. The lowest BCUT2D eigenvalue weighted by Gasteiger charge is -2.19. The zero-order valence-corrected chi connectivity index (χ0v) is 12.1. The largest absolute Gasteiger partial charge is 0.478 e. The van der Waals surface area contributed by atoms with E-state index in [1.54, 1.807) is 24.1 Å². The fourth-order valence-corrected chi connectivity index (χ4v) is 1.62. The highest BCUT2D eigenvalue weighted by Crippen LogP contribution is 2.07. The highest BCUT2D eigenvalue weighted by Gasteiger charge is 2.09. The quantitative estimate of drug-likeness (QED) is 0.817. The van der Waals surface area contributed by atoms with Crippen LogP contribution >= 0.6 is 0 Å². The van der Waals surface area contributed by atoms with Crippen molar-refractivity contribution in [3.63, 3.8) is 0 Å². The van der Waals surface area contributed by atoms with Crippen molar-refractivity contribution < 1.29 is 14.7 Å². The first kappa shape index (κ1) is 16.0. The van der Waals surface area contributed by atoms with Gasteiger partial charge in [-0.1, -0.05) is 12.1 Å². The Morgan fingerprint density at radius 2 is 1.75 bits per heavy atom. The summed E-state index contributed by atoms with van der Waals surface area (Å²) >= 11 is 0. The van der Waals surface area contributed by atoms with Gasteiger partial charge in [0.15, 0.2) is 0 Å². The Morgan fingerprint density at radius 1 is 1.15 bits per heavy atom. The van der Waals surface area contributed by atoms with Gasteiger partial charge in [0.1, 0.15) is 0 Å². The van der Waals surface area contributed by atoms with Crippen LogP contribution in [0.2, 0.25) is 0 Å². The monoisotopic (exact) mass is 279 g/mol.